The van der Waals surface area contributed by atoms with Crippen molar-refractivity contribution in [3.05, 3.63) is 35.9 Å². The van der Waals surface area contributed by atoms with E-state index in [1.54, 1.807) is 24.0 Å². The average Bonchev–Trinajstić information content (AvgIpc) is 2.50. The molecule has 0 radical (unpaired) electrons. The maximum atomic E-state index is 12.6. The van der Waals surface area contributed by atoms with E-state index >= 15 is 0 Å². The molecule has 0 aromatic heterocycles. The van der Waals surface area contributed by atoms with Crippen molar-refractivity contribution in [3.63, 3.8) is 0 Å². The molecule has 0 heterocycles. The van der Waals surface area contributed by atoms with Gasteiger partial charge in [0.15, 0.2) is 0 Å². The van der Waals surface area contributed by atoms with E-state index in [1.807, 2.05) is 18.2 Å². The Morgan fingerprint density at radius 2 is 1.76 bits per heavy atom. The fourth-order valence-electron chi connectivity index (χ4n) is 2.06. The van der Waals surface area contributed by atoms with Gasteiger partial charge >= 0.3 is 5.97 Å². The second kappa shape index (κ2) is 8.45. The Morgan fingerprint density at radius 3 is 2.29 bits per heavy atom. The molecule has 1 amide bonds. The van der Waals surface area contributed by atoms with E-state index in [2.05, 4.69) is 13.8 Å². The minimum absolute atomic E-state index is 0.0352. The molecular formula is C17H25NO3. The number of methoxy groups -OCH3 is 1. The van der Waals surface area contributed by atoms with Crippen molar-refractivity contribution in [2.45, 2.75) is 27.2 Å². The molecule has 0 aliphatic rings. The summed E-state index contributed by atoms with van der Waals surface area (Å²) < 4.78 is 4.75. The van der Waals surface area contributed by atoms with Gasteiger partial charge in [-0.3, -0.25) is 9.59 Å². The number of amides is 1. The molecule has 0 saturated heterocycles. The number of carbonyl (C=O) groups is 2. The number of hydrogen-bond acceptors (Lipinski definition) is 3. The van der Waals surface area contributed by atoms with Crippen molar-refractivity contribution in [1.29, 1.82) is 0 Å². The number of nitrogens with zero attached hydrogens (tertiary/aromatic N) is 1. The normalized spacial score (nSPS) is 12.0. The van der Waals surface area contributed by atoms with Crippen molar-refractivity contribution >= 4 is 11.9 Å². The quantitative estimate of drug-likeness (QED) is 0.726. The first kappa shape index (κ1) is 17.2. The van der Waals surface area contributed by atoms with Gasteiger partial charge in [-0.1, -0.05) is 39.0 Å². The van der Waals surface area contributed by atoms with Crippen molar-refractivity contribution < 1.29 is 14.3 Å². The Bertz CT molecular complexity index is 456. The van der Waals surface area contributed by atoms with Gasteiger partial charge in [-0.05, 0) is 24.5 Å². The third kappa shape index (κ3) is 5.58. The molecule has 0 N–H and O–H groups in total. The summed E-state index contributed by atoms with van der Waals surface area (Å²) in [6.07, 6.45) is 0.909. The zero-order valence-electron chi connectivity index (χ0n) is 13.3. The highest BCUT2D eigenvalue weighted by Crippen LogP contribution is 2.11. The second-order valence-corrected chi connectivity index (χ2v) is 5.72. The summed E-state index contributed by atoms with van der Waals surface area (Å²) in [5, 5.41) is 0. The van der Waals surface area contributed by atoms with Crippen LogP contribution in [0.1, 0.15) is 37.6 Å². The standard InChI is InChI=1S/C17H25NO3/c1-13(2)10-11-18(12-14(3)17(20)21-4)16(19)15-8-6-5-7-9-15/h5-9,13-14H,10-12H2,1-4H3. The average molecular weight is 291 g/mol. The Kier molecular flexibility index (Phi) is 6.92. The summed E-state index contributed by atoms with van der Waals surface area (Å²) in [5.74, 6) is -0.142. The van der Waals surface area contributed by atoms with E-state index in [0.29, 0.717) is 24.6 Å². The van der Waals surface area contributed by atoms with Crippen molar-refractivity contribution in [3.8, 4) is 0 Å². The molecule has 1 rings (SSSR count). The molecule has 0 aliphatic heterocycles. The topological polar surface area (TPSA) is 46.6 Å². The van der Waals surface area contributed by atoms with Gasteiger partial charge in [0.25, 0.3) is 5.91 Å². The van der Waals surface area contributed by atoms with Crippen LogP contribution >= 0.6 is 0 Å². The highest BCUT2D eigenvalue weighted by molar-refractivity contribution is 5.94. The van der Waals surface area contributed by atoms with E-state index in [-0.39, 0.29) is 17.8 Å². The maximum absolute atomic E-state index is 12.6. The fourth-order valence-corrected chi connectivity index (χ4v) is 2.06. The fraction of sp³-hybridized carbons (Fsp3) is 0.529. The Labute approximate surface area is 127 Å². The molecule has 1 atom stereocenters. The zero-order valence-corrected chi connectivity index (χ0v) is 13.3. The highest BCUT2D eigenvalue weighted by Gasteiger charge is 2.22. The molecule has 0 bridgehead atoms. The van der Waals surface area contributed by atoms with Crippen molar-refractivity contribution in [2.24, 2.45) is 11.8 Å². The van der Waals surface area contributed by atoms with Crippen LogP contribution in [0.2, 0.25) is 0 Å². The van der Waals surface area contributed by atoms with E-state index < -0.39 is 0 Å². The molecule has 1 unspecified atom stereocenters. The third-order valence-electron chi connectivity index (χ3n) is 3.38. The minimum atomic E-state index is -0.324. The lowest BCUT2D eigenvalue weighted by Crippen LogP contribution is -2.38. The first-order chi connectivity index (χ1) is 9.95. The summed E-state index contributed by atoms with van der Waals surface area (Å²) in [6, 6.07) is 9.17. The summed E-state index contributed by atoms with van der Waals surface area (Å²) in [4.78, 5) is 25.9. The maximum Gasteiger partial charge on any atom is 0.310 e. The van der Waals surface area contributed by atoms with Crippen LogP contribution < -0.4 is 0 Å². The summed E-state index contributed by atoms with van der Waals surface area (Å²) in [5.41, 5.74) is 0.651. The summed E-state index contributed by atoms with van der Waals surface area (Å²) >= 11 is 0. The minimum Gasteiger partial charge on any atom is -0.469 e. The number of ether oxygens (including phenoxy) is 1. The monoisotopic (exact) mass is 291 g/mol. The number of hydrogen-bond donors (Lipinski definition) is 0. The number of esters is 1. The van der Waals surface area contributed by atoms with Gasteiger partial charge in [-0.15, -0.1) is 0 Å². The molecule has 0 fully saturated rings. The first-order valence-electron chi connectivity index (χ1n) is 7.37. The van der Waals surface area contributed by atoms with Gasteiger partial charge in [0, 0.05) is 18.7 Å². The van der Waals surface area contributed by atoms with Crippen LogP contribution in [0.3, 0.4) is 0 Å². The Morgan fingerprint density at radius 1 is 1.14 bits per heavy atom. The Balaban J connectivity index is 2.81. The number of rotatable bonds is 7. The molecule has 4 nitrogen and oxygen atoms in total. The van der Waals surface area contributed by atoms with E-state index in [1.165, 1.54) is 7.11 Å². The van der Waals surface area contributed by atoms with Crippen LogP contribution in [0.4, 0.5) is 0 Å². The molecule has 0 spiro atoms. The van der Waals surface area contributed by atoms with E-state index in [9.17, 15) is 9.59 Å². The first-order valence-corrected chi connectivity index (χ1v) is 7.37. The van der Waals surface area contributed by atoms with Gasteiger partial charge in [-0.2, -0.15) is 0 Å². The summed E-state index contributed by atoms with van der Waals surface area (Å²) in [7, 11) is 1.37. The van der Waals surface area contributed by atoms with Crippen molar-refractivity contribution in [1.82, 2.24) is 4.90 Å². The van der Waals surface area contributed by atoms with Crippen LogP contribution in [0.5, 0.6) is 0 Å². The van der Waals surface area contributed by atoms with E-state index in [4.69, 9.17) is 4.74 Å². The molecular weight excluding hydrogens is 266 g/mol. The largest absolute Gasteiger partial charge is 0.469 e. The molecule has 4 heteroatoms. The molecule has 116 valence electrons. The SMILES string of the molecule is COC(=O)C(C)CN(CCC(C)C)C(=O)c1ccccc1. The molecule has 1 aromatic carbocycles. The second-order valence-electron chi connectivity index (χ2n) is 5.72. The molecule has 21 heavy (non-hydrogen) atoms. The van der Waals surface area contributed by atoms with Gasteiger partial charge in [0.2, 0.25) is 0 Å². The van der Waals surface area contributed by atoms with Crippen LogP contribution in [0.15, 0.2) is 30.3 Å². The summed E-state index contributed by atoms with van der Waals surface area (Å²) in [6.45, 7) is 7.05. The predicted octanol–water partition coefficient (Wildman–Crippen LogP) is 2.98. The predicted molar refractivity (Wildman–Crippen MR) is 83.0 cm³/mol. The van der Waals surface area contributed by atoms with Crippen molar-refractivity contribution in [2.75, 3.05) is 20.2 Å². The van der Waals surface area contributed by atoms with E-state index in [0.717, 1.165) is 6.42 Å². The van der Waals surface area contributed by atoms with Gasteiger partial charge < -0.3 is 9.64 Å². The van der Waals surface area contributed by atoms with Crippen LogP contribution in [0.25, 0.3) is 0 Å². The zero-order chi connectivity index (χ0) is 15.8. The van der Waals surface area contributed by atoms with Crippen LogP contribution in [0, 0.1) is 11.8 Å². The van der Waals surface area contributed by atoms with Crippen LogP contribution in [-0.2, 0) is 9.53 Å². The van der Waals surface area contributed by atoms with Gasteiger partial charge in [0.05, 0.1) is 13.0 Å². The third-order valence-corrected chi connectivity index (χ3v) is 3.38. The lowest BCUT2D eigenvalue weighted by Gasteiger charge is -2.26. The highest BCUT2D eigenvalue weighted by atomic mass is 16.5. The van der Waals surface area contributed by atoms with Gasteiger partial charge in [0.1, 0.15) is 0 Å². The van der Waals surface area contributed by atoms with Crippen LogP contribution in [-0.4, -0.2) is 37.0 Å². The smallest absolute Gasteiger partial charge is 0.310 e. The molecule has 0 saturated carbocycles. The lowest BCUT2D eigenvalue weighted by molar-refractivity contribution is -0.145. The lowest BCUT2D eigenvalue weighted by atomic mass is 10.1. The Hall–Kier alpha value is -1.84. The molecule has 1 aromatic rings. The number of carbonyl (C=O) groups excluding carboxylic acids is 2. The number of benzene rings is 1. The molecule has 0 aliphatic carbocycles. The van der Waals surface area contributed by atoms with Gasteiger partial charge in [-0.25, -0.2) is 0 Å².